The number of fused-ring (bicyclic) bond motifs is 2. The molecule has 1 aromatic heterocycles. The van der Waals surface area contributed by atoms with Crippen LogP contribution in [-0.2, 0) is 19.1 Å². The number of H-pyrrole nitrogens is 1. The molecule has 3 aliphatic heterocycles. The quantitative estimate of drug-likeness (QED) is 0.429. The number of halogens is 2. The Hall–Kier alpha value is -3.00. The third-order valence-electron chi connectivity index (χ3n) is 6.93. The van der Waals surface area contributed by atoms with E-state index >= 15 is 0 Å². The maximum absolute atomic E-state index is 13.9. The van der Waals surface area contributed by atoms with E-state index < -0.39 is 34.7 Å². The number of rotatable bonds is 5. The maximum atomic E-state index is 13.9. The number of imide groups is 1. The van der Waals surface area contributed by atoms with E-state index in [9.17, 15) is 23.6 Å². The minimum Gasteiger partial charge on any atom is -0.483 e. The Morgan fingerprint density at radius 1 is 1.10 bits per heavy atom. The average Bonchev–Trinajstić information content (AvgIpc) is 3.43. The number of aromatic nitrogens is 1. The summed E-state index contributed by atoms with van der Waals surface area (Å²) >= 11 is 5.63. The van der Waals surface area contributed by atoms with Crippen molar-refractivity contribution in [1.29, 1.82) is 0 Å². The third kappa shape index (κ3) is 4.81. The number of carbonyl (C=O) groups excluding carboxylic acids is 3. The highest BCUT2D eigenvalue weighted by Crippen LogP contribution is 2.54. The van der Waals surface area contributed by atoms with E-state index in [-0.39, 0.29) is 23.1 Å². The average molecular weight is 635 g/mol. The molecule has 6 rings (SSSR count). The van der Waals surface area contributed by atoms with E-state index in [0.717, 1.165) is 28.0 Å². The summed E-state index contributed by atoms with van der Waals surface area (Å²) in [6, 6.07) is 10.4. The lowest BCUT2D eigenvalue weighted by Crippen LogP contribution is -2.43. The van der Waals surface area contributed by atoms with Crippen LogP contribution in [0.25, 0.3) is 0 Å². The van der Waals surface area contributed by atoms with E-state index in [0.29, 0.717) is 52.0 Å². The van der Waals surface area contributed by atoms with Gasteiger partial charge in [-0.3, -0.25) is 19.2 Å². The molecule has 2 fully saturated rings. The van der Waals surface area contributed by atoms with Gasteiger partial charge in [-0.1, -0.05) is 39.0 Å². The molecule has 1 N–H and O–H groups in total. The maximum Gasteiger partial charge on any atom is 0.305 e. The smallest absolute Gasteiger partial charge is 0.305 e. The van der Waals surface area contributed by atoms with Crippen LogP contribution in [0.5, 0.6) is 5.75 Å². The molecule has 0 spiro atoms. The van der Waals surface area contributed by atoms with Gasteiger partial charge in [0.25, 0.3) is 5.91 Å². The number of carbonyl (C=O) groups is 3. The highest BCUT2D eigenvalue weighted by Gasteiger charge is 2.56. The first-order valence-electron chi connectivity index (χ1n) is 12.1. The van der Waals surface area contributed by atoms with Gasteiger partial charge in [0.05, 0.1) is 29.8 Å². The van der Waals surface area contributed by atoms with Gasteiger partial charge in [-0.25, -0.2) is 9.29 Å². The van der Waals surface area contributed by atoms with E-state index in [1.165, 1.54) is 24.3 Å². The van der Waals surface area contributed by atoms with Gasteiger partial charge in [0, 0.05) is 33.9 Å². The van der Waals surface area contributed by atoms with Crippen LogP contribution in [0.3, 0.4) is 0 Å². The first-order valence-corrected chi connectivity index (χ1v) is 14.6. The second-order valence-electron chi connectivity index (χ2n) is 9.20. The molecule has 0 radical (unpaired) electrons. The zero-order valence-corrected chi connectivity index (χ0v) is 23.4. The molecule has 9 nitrogen and oxygen atoms in total. The number of thiazole rings is 1. The molecule has 2 saturated heterocycles. The van der Waals surface area contributed by atoms with Crippen LogP contribution in [0.1, 0.15) is 16.4 Å². The molecule has 0 saturated carbocycles. The molecule has 4 heterocycles. The van der Waals surface area contributed by atoms with Crippen molar-refractivity contribution in [1.82, 2.24) is 9.88 Å². The molecule has 202 valence electrons. The van der Waals surface area contributed by atoms with Gasteiger partial charge in [-0.05, 0) is 42.5 Å². The van der Waals surface area contributed by atoms with Crippen molar-refractivity contribution in [3.05, 3.63) is 72.9 Å². The molecule has 3 atom stereocenters. The van der Waals surface area contributed by atoms with Gasteiger partial charge in [-0.15, -0.1) is 0 Å². The van der Waals surface area contributed by atoms with Crippen molar-refractivity contribution in [2.75, 3.05) is 37.8 Å². The fourth-order valence-electron chi connectivity index (χ4n) is 5.13. The standard InChI is InChI=1S/C26H21BrFN3O6S2/c27-13-1-6-17(37-12-18(32)30-7-9-36-10-8-30)16(11-13)19-20-22(38-23-21(19)39-26(35)29-23)25(34)31(24(20)33)15-4-2-14(28)3-5-15/h1-6,11,19-20,22H,7-10,12H2,(H,29,35)/t19-,20-,22+/m0/s1. The first kappa shape index (κ1) is 26.2. The van der Waals surface area contributed by atoms with Crippen molar-refractivity contribution in [3.8, 4) is 5.75 Å². The second-order valence-corrected chi connectivity index (χ2v) is 12.3. The lowest BCUT2D eigenvalue weighted by molar-refractivity contribution is -0.137. The van der Waals surface area contributed by atoms with E-state index in [1.54, 1.807) is 23.1 Å². The number of hydrogen-bond donors (Lipinski definition) is 1. The van der Waals surface area contributed by atoms with Crippen LogP contribution in [0.2, 0.25) is 0 Å². The summed E-state index contributed by atoms with van der Waals surface area (Å²) in [4.78, 5) is 58.5. The van der Waals surface area contributed by atoms with Crippen molar-refractivity contribution < 1.29 is 28.2 Å². The summed E-state index contributed by atoms with van der Waals surface area (Å²) in [5.41, 5.74) is 0.854. The predicted molar refractivity (Wildman–Crippen MR) is 146 cm³/mol. The molecule has 3 amide bonds. The third-order valence-corrected chi connectivity index (χ3v) is 9.82. The highest BCUT2D eigenvalue weighted by atomic mass is 79.9. The zero-order valence-electron chi connectivity index (χ0n) is 20.2. The topological polar surface area (TPSA) is 109 Å². The van der Waals surface area contributed by atoms with Gasteiger partial charge in [0.1, 0.15) is 16.8 Å². The van der Waals surface area contributed by atoms with Crippen molar-refractivity contribution >= 4 is 62.4 Å². The number of aromatic amines is 1. The monoisotopic (exact) mass is 633 g/mol. The number of anilines is 1. The van der Waals surface area contributed by atoms with Gasteiger partial charge in [-0.2, -0.15) is 0 Å². The molecule has 3 aliphatic rings. The second kappa shape index (κ2) is 10.5. The van der Waals surface area contributed by atoms with Crippen molar-refractivity contribution in [2.24, 2.45) is 5.92 Å². The summed E-state index contributed by atoms with van der Waals surface area (Å²) in [6.07, 6.45) is 0. The molecule has 13 heteroatoms. The Balaban J connectivity index is 1.39. The minimum absolute atomic E-state index is 0.189. The normalized spacial score (nSPS) is 22.6. The summed E-state index contributed by atoms with van der Waals surface area (Å²) in [5, 5.41) is -0.291. The number of benzene rings is 2. The summed E-state index contributed by atoms with van der Waals surface area (Å²) in [6.45, 7) is 1.68. The van der Waals surface area contributed by atoms with Crippen LogP contribution in [0, 0.1) is 11.7 Å². The molecule has 39 heavy (non-hydrogen) atoms. The number of amides is 3. The molecule has 0 aliphatic carbocycles. The van der Waals surface area contributed by atoms with Gasteiger partial charge in [0.2, 0.25) is 11.8 Å². The molecular formula is C26H21BrFN3O6S2. The first-order chi connectivity index (χ1) is 18.8. The molecule has 2 aromatic carbocycles. The van der Waals surface area contributed by atoms with Gasteiger partial charge < -0.3 is 19.4 Å². The lowest BCUT2D eigenvalue weighted by Gasteiger charge is -2.31. The molecule has 3 aromatic rings. The highest BCUT2D eigenvalue weighted by molar-refractivity contribution is 9.10. The number of nitrogens with zero attached hydrogens (tertiary/aromatic N) is 2. The fraction of sp³-hybridized carbons (Fsp3) is 0.308. The number of morpholine rings is 1. The largest absolute Gasteiger partial charge is 0.483 e. The zero-order chi connectivity index (χ0) is 27.3. The van der Waals surface area contributed by atoms with Crippen molar-refractivity contribution in [3.63, 3.8) is 0 Å². The Bertz CT molecular complexity index is 1520. The van der Waals surface area contributed by atoms with Crippen LogP contribution >= 0.6 is 39.0 Å². The van der Waals surface area contributed by atoms with Crippen LogP contribution in [0.15, 0.2) is 56.8 Å². The van der Waals surface area contributed by atoms with E-state index in [4.69, 9.17) is 9.47 Å². The number of thioether (sulfide) groups is 1. The van der Waals surface area contributed by atoms with Gasteiger partial charge in [0.15, 0.2) is 6.61 Å². The van der Waals surface area contributed by atoms with Crippen molar-refractivity contribution in [2.45, 2.75) is 16.2 Å². The number of ether oxygens (including phenoxy) is 2. The fourth-order valence-corrected chi connectivity index (χ4v) is 8.02. The summed E-state index contributed by atoms with van der Waals surface area (Å²) < 4.78 is 25.6. The number of nitrogens with one attached hydrogen (secondary N) is 1. The molecular weight excluding hydrogens is 613 g/mol. The SMILES string of the molecule is O=C(COc1ccc(Br)cc1[C@@H]1c2sc(=O)[nH]c2S[C@H]2C(=O)N(c3ccc(F)cc3)C(=O)[C@@H]12)N1CCOCC1. The van der Waals surface area contributed by atoms with E-state index in [2.05, 4.69) is 20.9 Å². The predicted octanol–water partition coefficient (Wildman–Crippen LogP) is 3.37. The molecule has 0 unspecified atom stereocenters. The lowest BCUT2D eigenvalue weighted by atomic mass is 9.82. The molecule has 0 bridgehead atoms. The Morgan fingerprint density at radius 2 is 1.85 bits per heavy atom. The Morgan fingerprint density at radius 3 is 2.59 bits per heavy atom. The van der Waals surface area contributed by atoms with Crippen LogP contribution < -0.4 is 14.5 Å². The minimum atomic E-state index is -0.849. The van der Waals surface area contributed by atoms with Gasteiger partial charge >= 0.3 is 4.87 Å². The number of hydrogen-bond acceptors (Lipinski definition) is 8. The Kier molecular flexibility index (Phi) is 7.08. The summed E-state index contributed by atoms with van der Waals surface area (Å²) in [5.74, 6) is -2.72. The van der Waals surface area contributed by atoms with E-state index in [1.807, 2.05) is 0 Å². The van der Waals surface area contributed by atoms with Crippen LogP contribution in [-0.4, -0.2) is 65.8 Å². The Labute approximate surface area is 238 Å². The summed E-state index contributed by atoms with van der Waals surface area (Å²) in [7, 11) is 0. The van der Waals surface area contributed by atoms with Crippen LogP contribution in [0.4, 0.5) is 10.1 Å².